The van der Waals surface area contributed by atoms with Crippen LogP contribution >= 0.6 is 0 Å². The van der Waals surface area contributed by atoms with E-state index in [1.807, 2.05) is 0 Å². The number of hydrogen-bond donors (Lipinski definition) is 1. The number of nitrogens with one attached hydrogen (secondary N) is 1. The first-order valence-electron chi connectivity index (χ1n) is 5.72. The van der Waals surface area contributed by atoms with E-state index in [1.54, 1.807) is 25.3 Å². The van der Waals surface area contributed by atoms with E-state index in [0.717, 1.165) is 0 Å². The molecule has 0 bridgehead atoms. The minimum atomic E-state index is -0.479. The molecule has 106 valence electrons. The molecule has 1 N–H and O–H groups in total. The summed E-state index contributed by atoms with van der Waals surface area (Å²) >= 11 is 0. The molecule has 0 aliphatic heterocycles. The van der Waals surface area contributed by atoms with E-state index in [-0.39, 0.29) is 12.5 Å². The van der Waals surface area contributed by atoms with Gasteiger partial charge >= 0.3 is 0 Å². The zero-order valence-corrected chi connectivity index (χ0v) is 11.6. The van der Waals surface area contributed by atoms with Crippen molar-refractivity contribution in [2.45, 2.75) is 6.29 Å². The zero-order chi connectivity index (χ0) is 14.3. The van der Waals surface area contributed by atoms with Crippen molar-refractivity contribution in [1.29, 1.82) is 0 Å². The summed E-state index contributed by atoms with van der Waals surface area (Å²) < 4.78 is 20.2. The Bertz CT molecular complexity index is 417. The predicted molar refractivity (Wildman–Crippen MR) is 69.7 cm³/mol. The summed E-state index contributed by atoms with van der Waals surface area (Å²) in [5.41, 5.74) is 0.425. The molecular weight excluding hydrogens is 250 g/mol. The first kappa shape index (κ1) is 15.3. The number of carbonyl (C=O) groups excluding carboxylic acids is 1. The highest BCUT2D eigenvalue weighted by Gasteiger charge is 2.14. The number of rotatable bonds is 7. The van der Waals surface area contributed by atoms with Crippen molar-refractivity contribution >= 4 is 5.91 Å². The molecule has 6 nitrogen and oxygen atoms in total. The van der Waals surface area contributed by atoms with E-state index < -0.39 is 6.29 Å². The molecule has 0 spiro atoms. The van der Waals surface area contributed by atoms with Gasteiger partial charge in [0.25, 0.3) is 5.91 Å². The minimum absolute atomic E-state index is 0.251. The van der Waals surface area contributed by atoms with Crippen LogP contribution in [0.15, 0.2) is 18.2 Å². The molecule has 1 rings (SSSR count). The highest BCUT2D eigenvalue weighted by molar-refractivity contribution is 5.97. The molecule has 0 unspecified atom stereocenters. The lowest BCUT2D eigenvalue weighted by atomic mass is 10.1. The second-order valence-corrected chi connectivity index (χ2v) is 3.68. The van der Waals surface area contributed by atoms with Crippen molar-refractivity contribution in [3.63, 3.8) is 0 Å². The standard InChI is InChI=1S/C13H19NO5/c1-16-9-5-6-10(11(7-9)17-2)13(15)14-8-12(18-3)19-4/h5-7,12H,8H2,1-4H3,(H,14,15). The van der Waals surface area contributed by atoms with Gasteiger partial charge in [-0.25, -0.2) is 0 Å². The average Bonchev–Trinajstić information content (AvgIpc) is 2.47. The monoisotopic (exact) mass is 269 g/mol. The number of amides is 1. The molecule has 1 aromatic rings. The van der Waals surface area contributed by atoms with Gasteiger partial charge in [0.05, 0.1) is 26.3 Å². The second-order valence-electron chi connectivity index (χ2n) is 3.68. The van der Waals surface area contributed by atoms with Crippen LogP contribution in [0.4, 0.5) is 0 Å². The largest absolute Gasteiger partial charge is 0.497 e. The summed E-state index contributed by atoms with van der Waals surface area (Å²) in [4.78, 5) is 12.0. The molecule has 1 amide bonds. The van der Waals surface area contributed by atoms with E-state index in [4.69, 9.17) is 18.9 Å². The van der Waals surface area contributed by atoms with Crippen LogP contribution in [-0.2, 0) is 9.47 Å². The van der Waals surface area contributed by atoms with E-state index in [1.165, 1.54) is 21.3 Å². The maximum atomic E-state index is 12.0. The number of benzene rings is 1. The van der Waals surface area contributed by atoms with Gasteiger partial charge in [0.2, 0.25) is 0 Å². The molecular formula is C13H19NO5. The number of carbonyl (C=O) groups is 1. The van der Waals surface area contributed by atoms with Gasteiger partial charge in [-0.05, 0) is 12.1 Å². The van der Waals surface area contributed by atoms with Crippen LogP contribution < -0.4 is 14.8 Å². The van der Waals surface area contributed by atoms with Crippen molar-refractivity contribution in [1.82, 2.24) is 5.32 Å². The predicted octanol–water partition coefficient (Wildman–Crippen LogP) is 1.05. The van der Waals surface area contributed by atoms with Crippen LogP contribution in [0.5, 0.6) is 11.5 Å². The topological polar surface area (TPSA) is 66.0 Å². The van der Waals surface area contributed by atoms with Gasteiger partial charge < -0.3 is 24.3 Å². The average molecular weight is 269 g/mol. The van der Waals surface area contributed by atoms with Gasteiger partial charge in [-0.2, -0.15) is 0 Å². The second kappa shape index (κ2) is 7.60. The summed E-state index contributed by atoms with van der Waals surface area (Å²) in [6, 6.07) is 4.99. The smallest absolute Gasteiger partial charge is 0.255 e. The third kappa shape index (κ3) is 4.11. The van der Waals surface area contributed by atoms with Gasteiger partial charge in [0.1, 0.15) is 11.5 Å². The van der Waals surface area contributed by atoms with Gasteiger partial charge in [0, 0.05) is 20.3 Å². The van der Waals surface area contributed by atoms with Crippen LogP contribution in [0, 0.1) is 0 Å². The summed E-state index contributed by atoms with van der Waals surface area (Å²) in [5.74, 6) is 0.807. The quantitative estimate of drug-likeness (QED) is 0.750. The Morgan fingerprint density at radius 1 is 1.16 bits per heavy atom. The molecule has 6 heteroatoms. The Morgan fingerprint density at radius 3 is 2.37 bits per heavy atom. The molecule has 0 aliphatic carbocycles. The lowest BCUT2D eigenvalue weighted by Crippen LogP contribution is -2.34. The number of hydrogen-bond acceptors (Lipinski definition) is 5. The molecule has 0 aromatic heterocycles. The minimum Gasteiger partial charge on any atom is -0.497 e. The zero-order valence-electron chi connectivity index (χ0n) is 11.6. The fourth-order valence-electron chi connectivity index (χ4n) is 1.52. The lowest BCUT2D eigenvalue weighted by molar-refractivity contribution is -0.0974. The van der Waals surface area contributed by atoms with Crippen LogP contribution in [0.1, 0.15) is 10.4 Å². The normalized spacial score (nSPS) is 10.4. The summed E-state index contributed by atoms with van der Waals surface area (Å²) in [5, 5.41) is 2.70. The van der Waals surface area contributed by atoms with E-state index in [2.05, 4.69) is 5.32 Å². The lowest BCUT2D eigenvalue weighted by Gasteiger charge is -2.15. The van der Waals surface area contributed by atoms with Crippen LogP contribution in [-0.4, -0.2) is 47.2 Å². The Morgan fingerprint density at radius 2 is 1.84 bits per heavy atom. The van der Waals surface area contributed by atoms with Gasteiger partial charge in [0.15, 0.2) is 6.29 Å². The van der Waals surface area contributed by atoms with Gasteiger partial charge in [-0.3, -0.25) is 4.79 Å². The highest BCUT2D eigenvalue weighted by Crippen LogP contribution is 2.24. The third-order valence-corrected chi connectivity index (χ3v) is 2.61. The van der Waals surface area contributed by atoms with Crippen molar-refractivity contribution in [3.8, 4) is 11.5 Å². The van der Waals surface area contributed by atoms with Gasteiger partial charge in [-0.15, -0.1) is 0 Å². The fraction of sp³-hybridized carbons (Fsp3) is 0.462. The number of ether oxygens (including phenoxy) is 4. The molecule has 19 heavy (non-hydrogen) atoms. The Kier molecular flexibility index (Phi) is 6.11. The first-order chi connectivity index (χ1) is 9.15. The SMILES string of the molecule is COc1ccc(C(=O)NCC(OC)OC)c(OC)c1. The van der Waals surface area contributed by atoms with Crippen molar-refractivity contribution in [2.75, 3.05) is 35.0 Å². The maximum absolute atomic E-state index is 12.0. The number of methoxy groups -OCH3 is 4. The molecule has 0 saturated carbocycles. The molecule has 0 saturated heterocycles. The highest BCUT2D eigenvalue weighted by atomic mass is 16.7. The van der Waals surface area contributed by atoms with Crippen LogP contribution in [0.25, 0.3) is 0 Å². The van der Waals surface area contributed by atoms with E-state index >= 15 is 0 Å². The van der Waals surface area contributed by atoms with Crippen LogP contribution in [0.2, 0.25) is 0 Å². The first-order valence-corrected chi connectivity index (χ1v) is 5.72. The maximum Gasteiger partial charge on any atom is 0.255 e. The summed E-state index contributed by atoms with van der Waals surface area (Å²) in [7, 11) is 6.07. The van der Waals surface area contributed by atoms with Crippen molar-refractivity contribution in [2.24, 2.45) is 0 Å². The molecule has 0 fully saturated rings. The van der Waals surface area contributed by atoms with Crippen molar-refractivity contribution in [3.05, 3.63) is 23.8 Å². The molecule has 0 radical (unpaired) electrons. The van der Waals surface area contributed by atoms with E-state index in [0.29, 0.717) is 17.1 Å². The Hall–Kier alpha value is -1.79. The van der Waals surface area contributed by atoms with Crippen LogP contribution in [0.3, 0.4) is 0 Å². The molecule has 1 aromatic carbocycles. The summed E-state index contributed by atoms with van der Waals surface area (Å²) in [6.07, 6.45) is -0.479. The fourth-order valence-corrected chi connectivity index (χ4v) is 1.52. The Labute approximate surface area is 112 Å². The van der Waals surface area contributed by atoms with Gasteiger partial charge in [-0.1, -0.05) is 0 Å². The third-order valence-electron chi connectivity index (χ3n) is 2.61. The molecule has 0 aliphatic rings. The summed E-state index contributed by atoms with van der Waals surface area (Å²) in [6.45, 7) is 0.251. The molecule has 0 heterocycles. The van der Waals surface area contributed by atoms with E-state index in [9.17, 15) is 4.79 Å². The Balaban J connectivity index is 2.76. The molecule has 0 atom stereocenters. The van der Waals surface area contributed by atoms with Crippen molar-refractivity contribution < 1.29 is 23.7 Å².